The van der Waals surface area contributed by atoms with Crippen LogP contribution in [-0.2, 0) is 10.3 Å². The molecule has 8 heteroatoms. The van der Waals surface area contributed by atoms with Crippen LogP contribution in [0.2, 0.25) is 0 Å². The summed E-state index contributed by atoms with van der Waals surface area (Å²) in [5, 5.41) is 4.47. The Morgan fingerprint density at radius 3 is 2.35 bits per heavy atom. The first kappa shape index (κ1) is 20.9. The van der Waals surface area contributed by atoms with Crippen LogP contribution in [-0.4, -0.2) is 56.7 Å². The second-order valence-electron chi connectivity index (χ2n) is 9.04. The third-order valence-corrected chi connectivity index (χ3v) is 6.88. The van der Waals surface area contributed by atoms with E-state index in [1.807, 2.05) is 36.5 Å². The van der Waals surface area contributed by atoms with Gasteiger partial charge in [-0.05, 0) is 30.4 Å². The maximum absolute atomic E-state index is 12.9. The normalized spacial score (nSPS) is 17.5. The van der Waals surface area contributed by atoms with Gasteiger partial charge in [0.2, 0.25) is 5.82 Å². The zero-order valence-corrected chi connectivity index (χ0v) is 18.9. The molecular formula is C26H26N6O2. The van der Waals surface area contributed by atoms with Crippen LogP contribution in [0.15, 0.2) is 60.8 Å². The monoisotopic (exact) mass is 454 g/mol. The number of amides is 1. The van der Waals surface area contributed by atoms with Crippen LogP contribution in [0, 0.1) is 0 Å². The Kier molecular flexibility index (Phi) is 5.12. The van der Waals surface area contributed by atoms with E-state index in [0.717, 1.165) is 40.8 Å². The highest BCUT2D eigenvalue weighted by Gasteiger charge is 2.34. The first-order valence-electron chi connectivity index (χ1n) is 11.7. The van der Waals surface area contributed by atoms with Gasteiger partial charge < -0.3 is 15.4 Å². The van der Waals surface area contributed by atoms with E-state index in [4.69, 9.17) is 15.5 Å². The highest BCUT2D eigenvalue weighted by molar-refractivity contribution is 5.91. The van der Waals surface area contributed by atoms with Crippen molar-refractivity contribution in [3.8, 4) is 22.4 Å². The molecule has 2 aliphatic rings. The lowest BCUT2D eigenvalue weighted by Gasteiger charge is -2.38. The van der Waals surface area contributed by atoms with Crippen molar-refractivity contribution in [1.82, 2.24) is 24.5 Å². The lowest BCUT2D eigenvalue weighted by molar-refractivity contribution is 0.0295. The van der Waals surface area contributed by atoms with Crippen LogP contribution in [0.25, 0.3) is 28.2 Å². The molecule has 4 aromatic rings. The van der Waals surface area contributed by atoms with Crippen LogP contribution in [0.3, 0.4) is 0 Å². The van der Waals surface area contributed by atoms with Crippen molar-refractivity contribution in [3.05, 3.63) is 72.2 Å². The van der Waals surface area contributed by atoms with Crippen LogP contribution in [0.1, 0.15) is 35.4 Å². The van der Waals surface area contributed by atoms with Crippen molar-refractivity contribution in [1.29, 1.82) is 0 Å². The maximum Gasteiger partial charge on any atom is 0.293 e. The number of nitrogens with zero attached hydrogens (tertiary/aromatic N) is 5. The predicted molar refractivity (Wildman–Crippen MR) is 128 cm³/mol. The molecule has 0 bridgehead atoms. The molecule has 34 heavy (non-hydrogen) atoms. The van der Waals surface area contributed by atoms with Gasteiger partial charge in [0.1, 0.15) is 0 Å². The van der Waals surface area contributed by atoms with E-state index in [9.17, 15) is 4.79 Å². The molecule has 6 rings (SSSR count). The number of morpholine rings is 1. The Hall–Kier alpha value is -3.62. The van der Waals surface area contributed by atoms with Crippen molar-refractivity contribution in [2.45, 2.75) is 24.8 Å². The van der Waals surface area contributed by atoms with Crippen molar-refractivity contribution in [2.75, 3.05) is 26.3 Å². The van der Waals surface area contributed by atoms with Crippen molar-refractivity contribution >= 4 is 11.7 Å². The number of carbonyl (C=O) groups excluding carboxylic acids is 1. The van der Waals surface area contributed by atoms with Gasteiger partial charge in [-0.15, -0.1) is 5.10 Å². The van der Waals surface area contributed by atoms with Crippen LogP contribution < -0.4 is 5.73 Å². The second-order valence-corrected chi connectivity index (χ2v) is 9.04. The van der Waals surface area contributed by atoms with E-state index in [-0.39, 0.29) is 17.3 Å². The zero-order chi connectivity index (χ0) is 23.1. The molecule has 2 N–H and O–H groups in total. The van der Waals surface area contributed by atoms with E-state index in [1.54, 1.807) is 9.42 Å². The van der Waals surface area contributed by atoms with E-state index >= 15 is 0 Å². The fraction of sp³-hybridized carbons (Fsp3) is 0.308. The fourth-order valence-electron chi connectivity index (χ4n) is 4.68. The van der Waals surface area contributed by atoms with Gasteiger partial charge in [0, 0.05) is 36.0 Å². The zero-order valence-electron chi connectivity index (χ0n) is 18.9. The Morgan fingerprint density at radius 2 is 1.68 bits per heavy atom. The van der Waals surface area contributed by atoms with E-state index in [0.29, 0.717) is 32.1 Å². The number of aromatic nitrogens is 4. The predicted octanol–water partition coefficient (Wildman–Crippen LogP) is 3.27. The summed E-state index contributed by atoms with van der Waals surface area (Å²) in [5.74, 6) is 0.343. The number of nitrogens with two attached hydrogens (primary N) is 1. The van der Waals surface area contributed by atoms with E-state index in [2.05, 4.69) is 34.3 Å². The minimum Gasteiger partial charge on any atom is -0.378 e. The first-order valence-corrected chi connectivity index (χ1v) is 11.7. The molecule has 1 amide bonds. The molecule has 172 valence electrons. The molecular weight excluding hydrogens is 428 g/mol. The Balaban J connectivity index is 1.43. The second kappa shape index (κ2) is 8.30. The van der Waals surface area contributed by atoms with Crippen LogP contribution in [0.4, 0.5) is 0 Å². The molecule has 0 atom stereocenters. The van der Waals surface area contributed by atoms with Crippen molar-refractivity contribution < 1.29 is 9.53 Å². The Bertz CT molecular complexity index is 1340. The molecule has 1 aliphatic heterocycles. The van der Waals surface area contributed by atoms with Gasteiger partial charge in [0.15, 0.2) is 0 Å². The lowest BCUT2D eigenvalue weighted by Crippen LogP contribution is -2.43. The third kappa shape index (κ3) is 3.65. The summed E-state index contributed by atoms with van der Waals surface area (Å²) in [7, 11) is 0. The molecule has 3 heterocycles. The summed E-state index contributed by atoms with van der Waals surface area (Å²) in [5.41, 5.74) is 11.2. The van der Waals surface area contributed by atoms with Gasteiger partial charge in [0.05, 0.1) is 18.9 Å². The number of benzene rings is 2. The first-order chi connectivity index (χ1) is 16.6. The maximum atomic E-state index is 12.9. The average molecular weight is 455 g/mol. The molecule has 1 aliphatic carbocycles. The molecule has 1 saturated heterocycles. The molecule has 2 aromatic heterocycles. The fourth-order valence-corrected chi connectivity index (χ4v) is 4.68. The van der Waals surface area contributed by atoms with Gasteiger partial charge >= 0.3 is 0 Å². The topological polar surface area (TPSA) is 98.6 Å². The number of fused-ring (bicyclic) bond motifs is 1. The average Bonchev–Trinajstić information content (AvgIpc) is 3.30. The van der Waals surface area contributed by atoms with E-state index < -0.39 is 0 Å². The number of carbonyl (C=O) groups is 1. The molecule has 2 aromatic carbocycles. The Labute approximate surface area is 197 Å². The van der Waals surface area contributed by atoms with Gasteiger partial charge in [-0.2, -0.15) is 4.98 Å². The number of ether oxygens (including phenoxy) is 1. The van der Waals surface area contributed by atoms with E-state index in [1.165, 1.54) is 6.42 Å². The molecule has 0 radical (unpaired) electrons. The summed E-state index contributed by atoms with van der Waals surface area (Å²) in [6.45, 7) is 2.13. The quantitative estimate of drug-likeness (QED) is 0.508. The van der Waals surface area contributed by atoms with Crippen LogP contribution >= 0.6 is 0 Å². The number of rotatable bonds is 4. The molecule has 2 fully saturated rings. The molecule has 0 spiro atoms. The highest BCUT2D eigenvalue weighted by atomic mass is 16.5. The summed E-state index contributed by atoms with van der Waals surface area (Å²) in [6, 6.07) is 18.4. The summed E-state index contributed by atoms with van der Waals surface area (Å²) < 4.78 is 6.95. The highest BCUT2D eigenvalue weighted by Crippen LogP contribution is 2.39. The van der Waals surface area contributed by atoms with Gasteiger partial charge in [-0.3, -0.25) is 4.79 Å². The largest absolute Gasteiger partial charge is 0.378 e. The number of hydrogen-bond acceptors (Lipinski definition) is 6. The van der Waals surface area contributed by atoms with Crippen molar-refractivity contribution in [3.63, 3.8) is 0 Å². The smallest absolute Gasteiger partial charge is 0.293 e. The SMILES string of the molecule is NC1(c2ccc(-c3nc4nc(C(=O)N5CCOCC5)nn4cc3-c3ccccc3)cc2)CCC1. The summed E-state index contributed by atoms with van der Waals surface area (Å²) in [4.78, 5) is 24.0. The third-order valence-electron chi connectivity index (χ3n) is 6.88. The van der Waals surface area contributed by atoms with Crippen molar-refractivity contribution in [2.24, 2.45) is 5.73 Å². The molecule has 1 saturated carbocycles. The van der Waals surface area contributed by atoms with Crippen LogP contribution in [0.5, 0.6) is 0 Å². The molecule has 0 unspecified atom stereocenters. The number of hydrogen-bond donors (Lipinski definition) is 1. The summed E-state index contributed by atoms with van der Waals surface area (Å²) >= 11 is 0. The van der Waals surface area contributed by atoms with Gasteiger partial charge in [0.25, 0.3) is 11.7 Å². The standard InChI is InChI=1S/C26H26N6O2/c27-26(11-4-12-26)20-9-7-19(8-10-20)22-21(18-5-2-1-3-6-18)17-32-25(28-22)29-23(30-32)24(33)31-13-15-34-16-14-31/h1-3,5-10,17H,4,11-16,27H2. The van der Waals surface area contributed by atoms with Gasteiger partial charge in [-0.1, -0.05) is 54.6 Å². The van der Waals surface area contributed by atoms with Gasteiger partial charge in [-0.25, -0.2) is 9.50 Å². The minimum absolute atomic E-state index is 0.149. The molecule has 8 nitrogen and oxygen atoms in total. The Morgan fingerprint density at radius 1 is 0.941 bits per heavy atom. The summed E-state index contributed by atoms with van der Waals surface area (Å²) in [6.07, 6.45) is 5.12. The lowest BCUT2D eigenvalue weighted by atomic mass is 9.72. The minimum atomic E-state index is -0.208.